The number of hydrogen-bond acceptors (Lipinski definition) is 6. The summed E-state index contributed by atoms with van der Waals surface area (Å²) < 4.78 is 55.2. The van der Waals surface area contributed by atoms with Crippen LogP contribution in [0.4, 0.5) is 13.2 Å². The standard InChI is InChI=1S/C19H13F3O6/c20-19(21,22)28-14-5-1-12(2-6-14)3-8-18(24)25-10-15(23)13-4-7-16-17(9-13)27-11-26-16/h1-9H,10-11H2/b8-3+. The van der Waals surface area contributed by atoms with Gasteiger partial charge in [-0.1, -0.05) is 12.1 Å². The largest absolute Gasteiger partial charge is 0.573 e. The van der Waals surface area contributed by atoms with E-state index in [-0.39, 0.29) is 12.5 Å². The monoisotopic (exact) mass is 394 g/mol. The molecule has 0 amide bonds. The number of alkyl halides is 3. The summed E-state index contributed by atoms with van der Waals surface area (Å²) in [5.41, 5.74) is 0.759. The highest BCUT2D eigenvalue weighted by Gasteiger charge is 2.30. The van der Waals surface area contributed by atoms with Gasteiger partial charge >= 0.3 is 12.3 Å². The van der Waals surface area contributed by atoms with Crippen molar-refractivity contribution in [3.63, 3.8) is 0 Å². The van der Waals surface area contributed by atoms with Gasteiger partial charge in [-0.25, -0.2) is 4.79 Å². The zero-order valence-corrected chi connectivity index (χ0v) is 14.2. The normalized spacial score (nSPS) is 12.8. The van der Waals surface area contributed by atoms with Gasteiger partial charge in [-0.3, -0.25) is 4.79 Å². The van der Waals surface area contributed by atoms with Crippen molar-refractivity contribution < 1.29 is 41.7 Å². The van der Waals surface area contributed by atoms with Gasteiger partial charge in [0.15, 0.2) is 23.9 Å². The van der Waals surface area contributed by atoms with Crippen molar-refractivity contribution >= 4 is 17.8 Å². The number of esters is 1. The maximum Gasteiger partial charge on any atom is 0.573 e. The van der Waals surface area contributed by atoms with Gasteiger partial charge in [-0.15, -0.1) is 13.2 Å². The van der Waals surface area contributed by atoms with Crippen LogP contribution >= 0.6 is 0 Å². The van der Waals surface area contributed by atoms with Gasteiger partial charge in [-0.2, -0.15) is 0 Å². The third kappa shape index (κ3) is 5.26. The van der Waals surface area contributed by atoms with E-state index in [4.69, 9.17) is 14.2 Å². The Morgan fingerprint density at radius 1 is 1.04 bits per heavy atom. The molecule has 0 atom stereocenters. The van der Waals surface area contributed by atoms with Crippen molar-refractivity contribution in [2.75, 3.05) is 13.4 Å². The number of ketones is 1. The Balaban J connectivity index is 1.50. The molecule has 0 fully saturated rings. The summed E-state index contributed by atoms with van der Waals surface area (Å²) in [6, 6.07) is 9.51. The van der Waals surface area contributed by atoms with Crippen LogP contribution in [0.15, 0.2) is 48.5 Å². The van der Waals surface area contributed by atoms with Gasteiger partial charge in [0.25, 0.3) is 0 Å². The SMILES string of the molecule is O=C(/C=C/c1ccc(OC(F)(F)F)cc1)OCC(=O)c1ccc2c(c1)OCO2. The quantitative estimate of drug-likeness (QED) is 0.422. The number of halogens is 3. The lowest BCUT2D eigenvalue weighted by Gasteiger charge is -2.08. The fraction of sp³-hybridized carbons (Fsp3) is 0.158. The average Bonchev–Trinajstić information content (AvgIpc) is 3.12. The summed E-state index contributed by atoms with van der Waals surface area (Å²) in [6.07, 6.45) is -2.37. The van der Waals surface area contributed by atoms with Crippen molar-refractivity contribution in [1.82, 2.24) is 0 Å². The minimum absolute atomic E-state index is 0.0794. The predicted molar refractivity (Wildman–Crippen MR) is 90.0 cm³/mol. The van der Waals surface area contributed by atoms with Crippen LogP contribution in [0.5, 0.6) is 17.2 Å². The summed E-state index contributed by atoms with van der Waals surface area (Å²) in [5.74, 6) is -0.599. The van der Waals surface area contributed by atoms with Crippen molar-refractivity contribution in [2.45, 2.75) is 6.36 Å². The molecular weight excluding hydrogens is 381 g/mol. The molecule has 0 saturated carbocycles. The maximum absolute atomic E-state index is 12.1. The minimum Gasteiger partial charge on any atom is -0.454 e. The van der Waals surface area contributed by atoms with Crippen LogP contribution in [-0.2, 0) is 9.53 Å². The van der Waals surface area contributed by atoms with Crippen molar-refractivity contribution in [1.29, 1.82) is 0 Å². The van der Waals surface area contributed by atoms with E-state index in [1.807, 2.05) is 0 Å². The zero-order chi connectivity index (χ0) is 20.1. The molecule has 3 rings (SSSR count). The van der Waals surface area contributed by atoms with Gasteiger partial charge < -0.3 is 18.9 Å². The molecule has 2 aromatic rings. The van der Waals surface area contributed by atoms with Gasteiger partial charge in [0.05, 0.1) is 0 Å². The molecule has 0 spiro atoms. The summed E-state index contributed by atoms with van der Waals surface area (Å²) in [5, 5.41) is 0. The number of hydrogen-bond donors (Lipinski definition) is 0. The van der Waals surface area contributed by atoms with E-state index in [0.29, 0.717) is 22.6 Å². The smallest absolute Gasteiger partial charge is 0.454 e. The van der Waals surface area contributed by atoms with E-state index in [1.165, 1.54) is 30.3 Å². The molecule has 2 aromatic carbocycles. The molecule has 0 saturated heterocycles. The van der Waals surface area contributed by atoms with Gasteiger partial charge in [0, 0.05) is 11.6 Å². The van der Waals surface area contributed by atoms with Gasteiger partial charge in [0.2, 0.25) is 6.79 Å². The van der Waals surface area contributed by atoms with Crippen LogP contribution in [0.3, 0.4) is 0 Å². The lowest BCUT2D eigenvalue weighted by atomic mass is 10.1. The van der Waals surface area contributed by atoms with E-state index in [1.54, 1.807) is 6.07 Å². The fourth-order valence-electron chi connectivity index (χ4n) is 2.28. The highest BCUT2D eigenvalue weighted by atomic mass is 19.4. The third-order valence-electron chi connectivity index (χ3n) is 3.57. The van der Waals surface area contributed by atoms with E-state index in [2.05, 4.69) is 4.74 Å². The van der Waals surface area contributed by atoms with Crippen molar-refractivity contribution in [3.05, 3.63) is 59.7 Å². The van der Waals surface area contributed by atoms with E-state index >= 15 is 0 Å². The summed E-state index contributed by atoms with van der Waals surface area (Å²) >= 11 is 0. The van der Waals surface area contributed by atoms with Crippen LogP contribution < -0.4 is 14.2 Å². The lowest BCUT2D eigenvalue weighted by Crippen LogP contribution is -2.16. The van der Waals surface area contributed by atoms with Gasteiger partial charge in [0.1, 0.15) is 5.75 Å². The Labute approximate surface area is 157 Å². The molecule has 1 heterocycles. The Bertz CT molecular complexity index is 903. The first-order valence-electron chi connectivity index (χ1n) is 7.94. The minimum atomic E-state index is -4.77. The second kappa shape index (κ2) is 8.03. The van der Waals surface area contributed by atoms with Gasteiger partial charge in [-0.05, 0) is 42.0 Å². The van der Waals surface area contributed by atoms with Crippen LogP contribution in [0.2, 0.25) is 0 Å². The summed E-state index contributed by atoms with van der Waals surface area (Å²) in [7, 11) is 0. The first-order valence-corrected chi connectivity index (χ1v) is 7.94. The predicted octanol–water partition coefficient (Wildman–Crippen LogP) is 3.75. The van der Waals surface area contributed by atoms with Crippen LogP contribution in [0.25, 0.3) is 6.08 Å². The number of carbonyl (C=O) groups excluding carboxylic acids is 2. The molecule has 146 valence electrons. The maximum atomic E-state index is 12.1. The molecular formula is C19H13F3O6. The van der Waals surface area contributed by atoms with Crippen molar-refractivity contribution in [2.24, 2.45) is 0 Å². The fourth-order valence-corrected chi connectivity index (χ4v) is 2.28. The molecule has 0 radical (unpaired) electrons. The van der Waals surface area contributed by atoms with E-state index in [9.17, 15) is 22.8 Å². The highest BCUT2D eigenvalue weighted by molar-refractivity contribution is 5.99. The number of fused-ring (bicyclic) bond motifs is 1. The molecule has 0 unspecified atom stereocenters. The number of Topliss-reactive ketones (excluding diaryl/α,β-unsaturated/α-hetero) is 1. The molecule has 28 heavy (non-hydrogen) atoms. The van der Waals surface area contributed by atoms with Crippen LogP contribution in [-0.4, -0.2) is 31.5 Å². The average molecular weight is 394 g/mol. The number of benzene rings is 2. The van der Waals surface area contributed by atoms with Crippen molar-refractivity contribution in [3.8, 4) is 17.2 Å². The Morgan fingerprint density at radius 2 is 1.75 bits per heavy atom. The molecule has 0 N–H and O–H groups in total. The molecule has 0 aliphatic carbocycles. The van der Waals surface area contributed by atoms with E-state index in [0.717, 1.165) is 18.2 Å². The first-order chi connectivity index (χ1) is 13.3. The summed E-state index contributed by atoms with van der Waals surface area (Å²) in [4.78, 5) is 23.8. The Kier molecular flexibility index (Phi) is 5.53. The second-order valence-electron chi connectivity index (χ2n) is 5.55. The molecule has 6 nitrogen and oxygen atoms in total. The first kappa shape index (κ1) is 19.3. The number of carbonyl (C=O) groups is 2. The Hall–Kier alpha value is -3.49. The highest BCUT2D eigenvalue weighted by Crippen LogP contribution is 2.32. The topological polar surface area (TPSA) is 71.1 Å². The number of rotatable bonds is 6. The molecule has 1 aliphatic heterocycles. The molecule has 9 heteroatoms. The van der Waals surface area contributed by atoms with E-state index < -0.39 is 24.7 Å². The summed E-state index contributed by atoms with van der Waals surface area (Å²) in [6.45, 7) is -0.392. The lowest BCUT2D eigenvalue weighted by molar-refractivity contribution is -0.274. The molecule has 1 aliphatic rings. The third-order valence-corrected chi connectivity index (χ3v) is 3.57. The van der Waals surface area contributed by atoms with Crippen LogP contribution in [0, 0.1) is 0 Å². The second-order valence-corrected chi connectivity index (χ2v) is 5.55. The zero-order valence-electron chi connectivity index (χ0n) is 14.2. The molecule has 0 bridgehead atoms. The molecule has 0 aromatic heterocycles. The van der Waals surface area contributed by atoms with Crippen LogP contribution in [0.1, 0.15) is 15.9 Å². The Morgan fingerprint density at radius 3 is 2.46 bits per heavy atom. The number of ether oxygens (including phenoxy) is 4.